The highest BCUT2D eigenvalue weighted by atomic mass is 32.2. The van der Waals surface area contributed by atoms with E-state index < -0.39 is 10.0 Å². The van der Waals surface area contributed by atoms with Crippen molar-refractivity contribution in [2.45, 2.75) is 24.2 Å². The summed E-state index contributed by atoms with van der Waals surface area (Å²) in [6.07, 6.45) is 2.40. The molecule has 0 bridgehead atoms. The first-order valence-electron chi connectivity index (χ1n) is 9.27. The third-order valence-corrected chi connectivity index (χ3v) is 7.75. The fourth-order valence-electron chi connectivity index (χ4n) is 3.29. The Balaban J connectivity index is 1.40. The maximum Gasteiger partial charge on any atom is 0.251 e. The SMILES string of the molecule is O=C(NCCc1nc2ccccc2s1)c1cccc(S(=O)(=O)N2CCCC2)c1. The number of para-hydroxylation sites is 1. The second-order valence-corrected chi connectivity index (χ2v) is 9.77. The summed E-state index contributed by atoms with van der Waals surface area (Å²) in [5.74, 6) is -0.278. The number of thiazole rings is 1. The van der Waals surface area contributed by atoms with E-state index in [9.17, 15) is 13.2 Å². The van der Waals surface area contributed by atoms with Gasteiger partial charge in [0.1, 0.15) is 0 Å². The number of carbonyl (C=O) groups excluding carboxylic acids is 1. The van der Waals surface area contributed by atoms with Crippen molar-refractivity contribution in [2.75, 3.05) is 19.6 Å². The minimum Gasteiger partial charge on any atom is -0.352 e. The molecule has 8 heteroatoms. The van der Waals surface area contributed by atoms with Gasteiger partial charge in [-0.2, -0.15) is 4.31 Å². The largest absolute Gasteiger partial charge is 0.352 e. The molecule has 0 spiro atoms. The van der Waals surface area contributed by atoms with Gasteiger partial charge in [-0.1, -0.05) is 18.2 Å². The van der Waals surface area contributed by atoms with E-state index in [1.54, 1.807) is 29.5 Å². The maximum absolute atomic E-state index is 12.7. The summed E-state index contributed by atoms with van der Waals surface area (Å²) in [6.45, 7) is 1.53. The number of fused-ring (bicyclic) bond motifs is 1. The van der Waals surface area contributed by atoms with E-state index in [2.05, 4.69) is 10.3 Å². The number of nitrogens with zero attached hydrogens (tertiary/aromatic N) is 2. The van der Waals surface area contributed by atoms with Crippen molar-refractivity contribution in [3.8, 4) is 0 Å². The summed E-state index contributed by atoms with van der Waals surface area (Å²) >= 11 is 1.62. The Hall–Kier alpha value is -2.29. The molecule has 1 N–H and O–H groups in total. The predicted molar refractivity (Wildman–Crippen MR) is 110 cm³/mol. The van der Waals surface area contributed by atoms with Crippen LogP contribution in [0.5, 0.6) is 0 Å². The molecule has 0 atom stereocenters. The normalized spacial score (nSPS) is 15.1. The van der Waals surface area contributed by atoms with Crippen molar-refractivity contribution in [1.29, 1.82) is 0 Å². The Morgan fingerprint density at radius 2 is 1.89 bits per heavy atom. The summed E-state index contributed by atoms with van der Waals surface area (Å²) in [4.78, 5) is 17.2. The Morgan fingerprint density at radius 3 is 2.68 bits per heavy atom. The molecule has 0 radical (unpaired) electrons. The average molecular weight is 416 g/mol. The zero-order valence-electron chi connectivity index (χ0n) is 15.3. The first-order valence-corrected chi connectivity index (χ1v) is 11.5. The Kier molecular flexibility index (Phi) is 5.43. The van der Waals surface area contributed by atoms with Crippen LogP contribution in [0.1, 0.15) is 28.2 Å². The first kappa shape index (κ1) is 19.0. The minimum atomic E-state index is -3.53. The molecule has 1 aliphatic rings. The lowest BCUT2D eigenvalue weighted by Gasteiger charge is -2.16. The highest BCUT2D eigenvalue weighted by Crippen LogP contribution is 2.22. The van der Waals surface area contributed by atoms with Crippen LogP contribution in [0.4, 0.5) is 0 Å². The molecule has 0 saturated carbocycles. The van der Waals surface area contributed by atoms with Gasteiger partial charge in [-0.25, -0.2) is 13.4 Å². The van der Waals surface area contributed by atoms with E-state index in [1.165, 1.54) is 10.4 Å². The van der Waals surface area contributed by atoms with Crippen LogP contribution >= 0.6 is 11.3 Å². The van der Waals surface area contributed by atoms with Crippen LogP contribution in [0.2, 0.25) is 0 Å². The highest BCUT2D eigenvalue weighted by Gasteiger charge is 2.27. The molecule has 2 heterocycles. The molecule has 0 aliphatic carbocycles. The number of carbonyl (C=O) groups is 1. The van der Waals surface area contributed by atoms with E-state index in [1.807, 2.05) is 24.3 Å². The molecule has 1 amide bonds. The Morgan fingerprint density at radius 1 is 1.11 bits per heavy atom. The molecule has 28 heavy (non-hydrogen) atoms. The van der Waals surface area contributed by atoms with Crippen LogP contribution < -0.4 is 5.32 Å². The third-order valence-electron chi connectivity index (χ3n) is 4.76. The van der Waals surface area contributed by atoms with Crippen molar-refractivity contribution in [3.63, 3.8) is 0 Å². The van der Waals surface area contributed by atoms with Crippen LogP contribution in [-0.4, -0.2) is 43.2 Å². The molecule has 1 aliphatic heterocycles. The summed E-state index contributed by atoms with van der Waals surface area (Å²) in [7, 11) is -3.53. The molecule has 2 aromatic carbocycles. The monoisotopic (exact) mass is 415 g/mol. The Bertz CT molecular complexity index is 1070. The van der Waals surface area contributed by atoms with E-state index in [0.29, 0.717) is 31.6 Å². The highest BCUT2D eigenvalue weighted by molar-refractivity contribution is 7.89. The van der Waals surface area contributed by atoms with Crippen molar-refractivity contribution < 1.29 is 13.2 Å². The van der Waals surface area contributed by atoms with Crippen LogP contribution in [0.3, 0.4) is 0 Å². The lowest BCUT2D eigenvalue weighted by molar-refractivity contribution is 0.0954. The van der Waals surface area contributed by atoms with Gasteiger partial charge < -0.3 is 5.32 Å². The van der Waals surface area contributed by atoms with Gasteiger partial charge in [-0.05, 0) is 43.2 Å². The zero-order chi connectivity index (χ0) is 19.6. The van der Waals surface area contributed by atoms with Crippen molar-refractivity contribution in [1.82, 2.24) is 14.6 Å². The van der Waals surface area contributed by atoms with E-state index >= 15 is 0 Å². The smallest absolute Gasteiger partial charge is 0.251 e. The lowest BCUT2D eigenvalue weighted by atomic mass is 10.2. The number of rotatable bonds is 6. The van der Waals surface area contributed by atoms with Crippen LogP contribution in [-0.2, 0) is 16.4 Å². The lowest BCUT2D eigenvalue weighted by Crippen LogP contribution is -2.29. The van der Waals surface area contributed by atoms with Gasteiger partial charge in [0.15, 0.2) is 0 Å². The number of nitrogens with one attached hydrogen (secondary N) is 1. The molecule has 1 fully saturated rings. The number of aromatic nitrogens is 1. The second kappa shape index (κ2) is 7.98. The minimum absolute atomic E-state index is 0.174. The van der Waals surface area contributed by atoms with Crippen molar-refractivity contribution >= 4 is 37.5 Å². The van der Waals surface area contributed by atoms with Gasteiger partial charge in [0.2, 0.25) is 10.0 Å². The second-order valence-electron chi connectivity index (χ2n) is 6.72. The van der Waals surface area contributed by atoms with E-state index in [4.69, 9.17) is 0 Å². The number of hydrogen-bond donors (Lipinski definition) is 1. The van der Waals surface area contributed by atoms with E-state index in [-0.39, 0.29) is 10.8 Å². The third kappa shape index (κ3) is 3.94. The molecular weight excluding hydrogens is 394 g/mol. The molecule has 6 nitrogen and oxygen atoms in total. The van der Waals surface area contributed by atoms with Gasteiger partial charge in [0, 0.05) is 31.6 Å². The first-order chi connectivity index (χ1) is 13.5. The molecule has 1 aromatic heterocycles. The molecule has 3 aromatic rings. The number of hydrogen-bond acceptors (Lipinski definition) is 5. The van der Waals surface area contributed by atoms with Gasteiger partial charge in [-0.15, -0.1) is 11.3 Å². The van der Waals surface area contributed by atoms with Crippen molar-refractivity contribution in [3.05, 3.63) is 59.1 Å². The fraction of sp³-hybridized carbons (Fsp3) is 0.300. The summed E-state index contributed by atoms with van der Waals surface area (Å²) < 4.78 is 28.0. The van der Waals surface area contributed by atoms with Crippen LogP contribution in [0.25, 0.3) is 10.2 Å². The molecule has 4 rings (SSSR count). The fourth-order valence-corrected chi connectivity index (χ4v) is 5.82. The van der Waals surface area contributed by atoms with Crippen LogP contribution in [0.15, 0.2) is 53.4 Å². The summed E-state index contributed by atoms with van der Waals surface area (Å²) in [5.41, 5.74) is 1.32. The number of sulfonamides is 1. The van der Waals surface area contributed by atoms with Crippen LogP contribution in [0, 0.1) is 0 Å². The maximum atomic E-state index is 12.7. The van der Waals surface area contributed by atoms with Gasteiger partial charge in [-0.3, -0.25) is 4.79 Å². The Labute approximate surface area is 168 Å². The molecule has 1 saturated heterocycles. The summed E-state index contributed by atoms with van der Waals surface area (Å²) in [6, 6.07) is 14.2. The molecular formula is C20H21N3O3S2. The predicted octanol–water partition coefficient (Wildman–Crippen LogP) is 3.05. The molecule has 0 unspecified atom stereocenters. The van der Waals surface area contributed by atoms with Crippen molar-refractivity contribution in [2.24, 2.45) is 0 Å². The van der Waals surface area contributed by atoms with E-state index in [0.717, 1.165) is 28.1 Å². The molecule has 146 valence electrons. The quantitative estimate of drug-likeness (QED) is 0.671. The standard InChI is InChI=1S/C20H21N3O3S2/c24-20(21-11-10-19-22-17-8-1-2-9-18(17)27-19)15-6-5-7-16(14-15)28(25,26)23-12-3-4-13-23/h1-2,5-9,14H,3-4,10-13H2,(H,21,24). The zero-order valence-corrected chi connectivity index (χ0v) is 16.9. The number of amides is 1. The van der Waals surface area contributed by atoms with Gasteiger partial charge in [0.05, 0.1) is 20.1 Å². The average Bonchev–Trinajstić information content (AvgIpc) is 3.38. The summed E-state index contributed by atoms with van der Waals surface area (Å²) in [5, 5.41) is 3.82. The van der Waals surface area contributed by atoms with Gasteiger partial charge >= 0.3 is 0 Å². The van der Waals surface area contributed by atoms with Gasteiger partial charge in [0.25, 0.3) is 5.91 Å². The topological polar surface area (TPSA) is 79.4 Å². The number of benzene rings is 2.